The maximum atomic E-state index is 13.8. The van der Waals surface area contributed by atoms with E-state index in [1.807, 2.05) is 24.3 Å². The summed E-state index contributed by atoms with van der Waals surface area (Å²) >= 11 is 0. The zero-order valence-corrected chi connectivity index (χ0v) is 23.5. The third-order valence-electron chi connectivity index (χ3n) is 7.47. The monoisotopic (exact) mass is 587 g/mol. The number of nitrogens with two attached hydrogens (primary N) is 1. The van der Waals surface area contributed by atoms with Crippen LogP contribution in [0.1, 0.15) is 37.4 Å². The first kappa shape index (κ1) is 29.8. The highest BCUT2D eigenvalue weighted by Gasteiger charge is 2.20. The van der Waals surface area contributed by atoms with Gasteiger partial charge in [0.15, 0.2) is 11.6 Å². The highest BCUT2D eigenvalue weighted by atomic mass is 19.2. The fraction of sp³-hybridized carbons (Fsp3) is 0.212. The second-order valence-electron chi connectivity index (χ2n) is 10.4. The second-order valence-corrected chi connectivity index (χ2v) is 10.4. The minimum Gasteiger partial charge on any atom is -0.369 e. The largest absolute Gasteiger partial charge is 0.369 e. The molecule has 7 nitrogen and oxygen atoms in total. The number of amides is 2. The van der Waals surface area contributed by atoms with Crippen LogP contribution in [0.4, 0.5) is 24.5 Å². The van der Waals surface area contributed by atoms with Crippen LogP contribution in [0, 0.1) is 17.5 Å². The third-order valence-corrected chi connectivity index (χ3v) is 7.47. The molecule has 0 atom stereocenters. The van der Waals surface area contributed by atoms with Gasteiger partial charge >= 0.3 is 0 Å². The molecule has 1 fully saturated rings. The van der Waals surface area contributed by atoms with E-state index in [0.29, 0.717) is 30.9 Å². The summed E-state index contributed by atoms with van der Waals surface area (Å²) in [5.41, 5.74) is 9.96. The van der Waals surface area contributed by atoms with Gasteiger partial charge in [-0.2, -0.15) is 0 Å². The number of benzene rings is 4. The van der Waals surface area contributed by atoms with E-state index in [-0.39, 0.29) is 17.3 Å². The van der Waals surface area contributed by atoms with E-state index in [4.69, 9.17) is 5.73 Å². The number of carbonyl (C=O) groups is 2. The van der Waals surface area contributed by atoms with Gasteiger partial charge in [0.05, 0.1) is 0 Å². The number of nitrogens with one attached hydrogen (secondary N) is 2. The Morgan fingerprint density at radius 1 is 0.721 bits per heavy atom. The Balaban J connectivity index is 1.31. The highest BCUT2D eigenvalue weighted by molar-refractivity contribution is 6.05. The molecule has 222 valence electrons. The van der Waals surface area contributed by atoms with Gasteiger partial charge in [0.1, 0.15) is 5.82 Å². The number of carbonyl (C=O) groups excluding carboxylic acids is 2. The predicted octanol–water partition coefficient (Wildman–Crippen LogP) is 5.07. The molecule has 4 N–H and O–H groups in total. The molecule has 1 aliphatic rings. The van der Waals surface area contributed by atoms with Crippen LogP contribution in [-0.2, 0) is 19.6 Å². The van der Waals surface area contributed by atoms with Crippen molar-refractivity contribution in [1.29, 1.82) is 0 Å². The van der Waals surface area contributed by atoms with Crippen molar-refractivity contribution < 1.29 is 22.8 Å². The zero-order valence-electron chi connectivity index (χ0n) is 23.5. The SMILES string of the molecule is NCc1ccc(CNC(=O)c2ccc(CN3CCN(c4ccc(F)cc4)CC3)c(NC(=O)c3ccc(F)c(F)c3)c2)cc1. The van der Waals surface area contributed by atoms with Gasteiger partial charge in [0.25, 0.3) is 11.8 Å². The van der Waals surface area contributed by atoms with Crippen LogP contribution < -0.4 is 21.3 Å². The lowest BCUT2D eigenvalue weighted by Crippen LogP contribution is -2.46. The van der Waals surface area contributed by atoms with Crippen LogP contribution >= 0.6 is 0 Å². The average molecular weight is 588 g/mol. The molecule has 1 aliphatic heterocycles. The van der Waals surface area contributed by atoms with Gasteiger partial charge in [-0.05, 0) is 71.3 Å². The Kier molecular flexibility index (Phi) is 9.38. The van der Waals surface area contributed by atoms with Crippen LogP contribution in [0.25, 0.3) is 0 Å². The molecule has 1 saturated heterocycles. The number of hydrogen-bond donors (Lipinski definition) is 3. The maximum absolute atomic E-state index is 13.8. The van der Waals surface area contributed by atoms with E-state index in [1.165, 1.54) is 18.2 Å². The Bertz CT molecular complexity index is 1590. The summed E-state index contributed by atoms with van der Waals surface area (Å²) in [6.45, 7) is 4.13. The predicted molar refractivity (Wildman–Crippen MR) is 160 cm³/mol. The lowest BCUT2D eigenvalue weighted by atomic mass is 10.1. The van der Waals surface area contributed by atoms with Gasteiger partial charge in [-0.25, -0.2) is 13.2 Å². The third kappa shape index (κ3) is 7.59. The minimum absolute atomic E-state index is 0.0476. The topological polar surface area (TPSA) is 90.7 Å². The molecule has 0 unspecified atom stereocenters. The van der Waals surface area contributed by atoms with E-state index >= 15 is 0 Å². The van der Waals surface area contributed by atoms with Crippen LogP contribution in [0.2, 0.25) is 0 Å². The van der Waals surface area contributed by atoms with Crippen molar-refractivity contribution in [2.45, 2.75) is 19.6 Å². The molecule has 2 amide bonds. The van der Waals surface area contributed by atoms with Gasteiger partial charge in [-0.3, -0.25) is 14.5 Å². The number of anilines is 2. The summed E-state index contributed by atoms with van der Waals surface area (Å²) in [6, 6.07) is 22.0. The summed E-state index contributed by atoms with van der Waals surface area (Å²) in [6.07, 6.45) is 0. The maximum Gasteiger partial charge on any atom is 0.255 e. The number of piperazine rings is 1. The fourth-order valence-corrected chi connectivity index (χ4v) is 4.94. The first-order valence-electron chi connectivity index (χ1n) is 14.0. The molecule has 4 aromatic rings. The fourth-order valence-electron chi connectivity index (χ4n) is 4.94. The molecule has 0 bridgehead atoms. The molecular weight excluding hydrogens is 555 g/mol. The number of rotatable bonds is 9. The molecule has 43 heavy (non-hydrogen) atoms. The molecule has 0 saturated carbocycles. The summed E-state index contributed by atoms with van der Waals surface area (Å²) in [5.74, 6) is -3.41. The minimum atomic E-state index is -1.13. The molecular formula is C33H32F3N5O2. The normalized spacial score (nSPS) is 13.5. The number of halogens is 3. The van der Waals surface area contributed by atoms with Crippen molar-refractivity contribution in [2.24, 2.45) is 5.73 Å². The Morgan fingerprint density at radius 2 is 1.37 bits per heavy atom. The Labute approximate surface area is 248 Å². The van der Waals surface area contributed by atoms with E-state index in [1.54, 1.807) is 30.3 Å². The highest BCUT2D eigenvalue weighted by Crippen LogP contribution is 2.24. The Morgan fingerprint density at radius 3 is 2.05 bits per heavy atom. The smallest absolute Gasteiger partial charge is 0.255 e. The molecule has 1 heterocycles. The molecule has 10 heteroatoms. The van der Waals surface area contributed by atoms with Crippen LogP contribution in [0.15, 0.2) is 84.9 Å². The van der Waals surface area contributed by atoms with Gasteiger partial charge < -0.3 is 21.3 Å². The quantitative estimate of drug-likeness (QED) is 0.255. The Hall–Kier alpha value is -4.67. The molecule has 0 aliphatic carbocycles. The van der Waals surface area contributed by atoms with Gasteiger partial charge in [0.2, 0.25) is 0 Å². The van der Waals surface area contributed by atoms with Crippen LogP contribution in [0.5, 0.6) is 0 Å². The lowest BCUT2D eigenvalue weighted by Gasteiger charge is -2.36. The second kappa shape index (κ2) is 13.5. The first-order chi connectivity index (χ1) is 20.8. The molecule has 4 aromatic carbocycles. The summed E-state index contributed by atoms with van der Waals surface area (Å²) in [5, 5.41) is 5.68. The summed E-state index contributed by atoms with van der Waals surface area (Å²) in [7, 11) is 0. The molecule has 5 rings (SSSR count). The average Bonchev–Trinajstić information content (AvgIpc) is 3.03. The van der Waals surface area contributed by atoms with Gasteiger partial charge in [-0.15, -0.1) is 0 Å². The zero-order chi connectivity index (χ0) is 30.3. The van der Waals surface area contributed by atoms with E-state index in [9.17, 15) is 22.8 Å². The van der Waals surface area contributed by atoms with Crippen molar-refractivity contribution in [3.05, 3.63) is 130 Å². The van der Waals surface area contributed by atoms with Crippen molar-refractivity contribution in [3.63, 3.8) is 0 Å². The molecule has 0 radical (unpaired) electrons. The standard InChI is InChI=1S/C33H32F3N5O2/c34-27-8-10-28(11-9-27)41-15-13-40(14-16-41)21-26-6-5-25(32(42)38-20-23-3-1-22(19-37)2-4-23)18-31(26)39-33(43)24-7-12-29(35)30(36)17-24/h1-12,17-18H,13-16,19-21,37H2,(H,38,42)(H,39,43). The van der Waals surface area contributed by atoms with E-state index < -0.39 is 17.5 Å². The van der Waals surface area contributed by atoms with E-state index in [2.05, 4.69) is 20.4 Å². The molecule has 0 aromatic heterocycles. The van der Waals surface area contributed by atoms with Gasteiger partial charge in [-0.1, -0.05) is 30.3 Å². The van der Waals surface area contributed by atoms with Crippen LogP contribution in [-0.4, -0.2) is 42.9 Å². The lowest BCUT2D eigenvalue weighted by molar-refractivity contribution is 0.0949. The van der Waals surface area contributed by atoms with E-state index in [0.717, 1.165) is 60.7 Å². The summed E-state index contributed by atoms with van der Waals surface area (Å²) in [4.78, 5) is 30.5. The van der Waals surface area contributed by atoms with Crippen molar-refractivity contribution in [3.8, 4) is 0 Å². The van der Waals surface area contributed by atoms with Gasteiger partial charge in [0, 0.05) is 68.3 Å². The van der Waals surface area contributed by atoms with Crippen molar-refractivity contribution >= 4 is 23.2 Å². The van der Waals surface area contributed by atoms with Crippen molar-refractivity contribution in [2.75, 3.05) is 36.4 Å². The number of nitrogens with zero attached hydrogens (tertiary/aromatic N) is 2. The van der Waals surface area contributed by atoms with Crippen LogP contribution in [0.3, 0.4) is 0 Å². The summed E-state index contributed by atoms with van der Waals surface area (Å²) < 4.78 is 40.6. The first-order valence-corrected chi connectivity index (χ1v) is 14.0. The van der Waals surface area contributed by atoms with Crippen molar-refractivity contribution in [1.82, 2.24) is 10.2 Å². The number of hydrogen-bond acceptors (Lipinski definition) is 5. The molecule has 0 spiro atoms.